The van der Waals surface area contributed by atoms with Gasteiger partial charge in [-0.1, -0.05) is 0 Å². The zero-order valence-corrected chi connectivity index (χ0v) is 10.2. The highest BCUT2D eigenvalue weighted by atomic mass is 16.5. The molecule has 1 unspecified atom stereocenters. The Kier molecular flexibility index (Phi) is 6.42. The first-order valence-corrected chi connectivity index (χ1v) is 6.19. The Hall–Kier alpha value is -0.610. The van der Waals surface area contributed by atoms with Gasteiger partial charge in [-0.2, -0.15) is 0 Å². The summed E-state index contributed by atoms with van der Waals surface area (Å²) in [5, 5.41) is 8.97. The number of aliphatic hydroxyl groups is 1. The van der Waals surface area contributed by atoms with Gasteiger partial charge in [-0.25, -0.2) is 0 Å². The molecule has 1 aliphatic heterocycles. The summed E-state index contributed by atoms with van der Waals surface area (Å²) in [4.78, 5) is 13.9. The predicted octanol–water partition coefficient (Wildman–Crippen LogP) is 1.18. The van der Waals surface area contributed by atoms with Crippen molar-refractivity contribution in [3.05, 3.63) is 0 Å². The van der Waals surface area contributed by atoms with Crippen molar-refractivity contribution in [2.75, 3.05) is 26.9 Å². The second-order valence-electron chi connectivity index (χ2n) is 4.35. The lowest BCUT2D eigenvalue weighted by atomic mass is 9.99. The van der Waals surface area contributed by atoms with Crippen molar-refractivity contribution in [3.8, 4) is 0 Å². The van der Waals surface area contributed by atoms with E-state index in [0.717, 1.165) is 32.2 Å². The minimum Gasteiger partial charge on any atom is -0.396 e. The van der Waals surface area contributed by atoms with E-state index in [-0.39, 0.29) is 18.6 Å². The Bertz CT molecular complexity index is 206. The van der Waals surface area contributed by atoms with Gasteiger partial charge in [0.1, 0.15) is 0 Å². The smallest absolute Gasteiger partial charge is 0.222 e. The van der Waals surface area contributed by atoms with Crippen LogP contribution in [0, 0.1) is 0 Å². The van der Waals surface area contributed by atoms with Gasteiger partial charge in [-0.05, 0) is 32.1 Å². The molecule has 0 aromatic rings. The second-order valence-corrected chi connectivity index (χ2v) is 4.35. The van der Waals surface area contributed by atoms with Crippen LogP contribution in [0.5, 0.6) is 0 Å². The number of piperidine rings is 1. The van der Waals surface area contributed by atoms with Crippen LogP contribution in [0.2, 0.25) is 0 Å². The lowest BCUT2D eigenvalue weighted by Crippen LogP contribution is -2.44. The Morgan fingerprint density at radius 2 is 2.31 bits per heavy atom. The SMILES string of the molecule is COCCCC(=O)N1CCCCC1CCO. The number of aliphatic hydroxyl groups excluding tert-OH is 1. The maximum Gasteiger partial charge on any atom is 0.222 e. The summed E-state index contributed by atoms with van der Waals surface area (Å²) in [5.74, 6) is 0.218. The summed E-state index contributed by atoms with van der Waals surface area (Å²) in [6.45, 7) is 1.67. The lowest BCUT2D eigenvalue weighted by Gasteiger charge is -2.35. The molecule has 0 spiro atoms. The quantitative estimate of drug-likeness (QED) is 0.696. The van der Waals surface area contributed by atoms with Crippen LogP contribution in [0.1, 0.15) is 38.5 Å². The molecule has 1 N–H and O–H groups in total. The number of ether oxygens (including phenoxy) is 1. The lowest BCUT2D eigenvalue weighted by molar-refractivity contribution is -0.135. The number of carbonyl (C=O) groups excluding carboxylic acids is 1. The van der Waals surface area contributed by atoms with Crippen LogP contribution in [0.15, 0.2) is 0 Å². The van der Waals surface area contributed by atoms with Crippen LogP contribution in [-0.2, 0) is 9.53 Å². The molecule has 1 amide bonds. The molecule has 0 aromatic carbocycles. The van der Waals surface area contributed by atoms with Crippen molar-refractivity contribution in [1.29, 1.82) is 0 Å². The summed E-state index contributed by atoms with van der Waals surface area (Å²) in [7, 11) is 1.65. The first kappa shape index (κ1) is 13.5. The maximum absolute atomic E-state index is 11.9. The van der Waals surface area contributed by atoms with E-state index in [1.54, 1.807) is 7.11 Å². The van der Waals surface area contributed by atoms with Crippen LogP contribution >= 0.6 is 0 Å². The highest BCUT2D eigenvalue weighted by Crippen LogP contribution is 2.20. The number of nitrogens with zero attached hydrogens (tertiary/aromatic N) is 1. The molecule has 1 saturated heterocycles. The van der Waals surface area contributed by atoms with Crippen molar-refractivity contribution in [3.63, 3.8) is 0 Å². The zero-order chi connectivity index (χ0) is 11.8. The van der Waals surface area contributed by atoms with E-state index in [1.807, 2.05) is 4.90 Å². The fraction of sp³-hybridized carbons (Fsp3) is 0.917. The average molecular weight is 229 g/mol. The zero-order valence-electron chi connectivity index (χ0n) is 10.2. The van der Waals surface area contributed by atoms with Gasteiger partial charge >= 0.3 is 0 Å². The molecule has 1 aliphatic rings. The third kappa shape index (κ3) is 4.10. The number of amides is 1. The molecule has 94 valence electrons. The van der Waals surface area contributed by atoms with E-state index >= 15 is 0 Å². The Morgan fingerprint density at radius 1 is 1.50 bits per heavy atom. The number of carbonyl (C=O) groups is 1. The van der Waals surface area contributed by atoms with Gasteiger partial charge in [0.25, 0.3) is 0 Å². The normalized spacial score (nSPS) is 21.1. The van der Waals surface area contributed by atoms with Crippen LogP contribution in [0.3, 0.4) is 0 Å². The second kappa shape index (κ2) is 7.63. The molecule has 4 heteroatoms. The van der Waals surface area contributed by atoms with Gasteiger partial charge in [-0.15, -0.1) is 0 Å². The van der Waals surface area contributed by atoms with Gasteiger partial charge in [0.15, 0.2) is 0 Å². The van der Waals surface area contributed by atoms with Crippen LogP contribution in [0.4, 0.5) is 0 Å². The molecule has 16 heavy (non-hydrogen) atoms. The molecule has 4 nitrogen and oxygen atoms in total. The summed E-state index contributed by atoms with van der Waals surface area (Å²) < 4.78 is 4.94. The third-order valence-electron chi connectivity index (χ3n) is 3.15. The number of hydrogen-bond donors (Lipinski definition) is 1. The minimum atomic E-state index is 0.173. The van der Waals surface area contributed by atoms with Crippen molar-refractivity contribution in [2.24, 2.45) is 0 Å². The number of methoxy groups -OCH3 is 1. The first-order chi connectivity index (χ1) is 7.79. The average Bonchev–Trinajstić information content (AvgIpc) is 2.30. The molecule has 0 saturated carbocycles. The molecule has 1 heterocycles. The Labute approximate surface area is 97.6 Å². The molecular formula is C12H23NO3. The first-order valence-electron chi connectivity index (χ1n) is 6.19. The maximum atomic E-state index is 11.9. The highest BCUT2D eigenvalue weighted by molar-refractivity contribution is 5.76. The summed E-state index contributed by atoms with van der Waals surface area (Å²) >= 11 is 0. The van der Waals surface area contributed by atoms with Gasteiger partial charge < -0.3 is 14.7 Å². The number of likely N-dealkylation sites (tertiary alicyclic amines) is 1. The highest BCUT2D eigenvalue weighted by Gasteiger charge is 2.25. The van der Waals surface area contributed by atoms with Gasteiger partial charge in [0.2, 0.25) is 5.91 Å². The summed E-state index contributed by atoms with van der Waals surface area (Å²) in [6, 6.07) is 0.258. The van der Waals surface area contributed by atoms with E-state index in [0.29, 0.717) is 13.0 Å². The molecule has 1 rings (SSSR count). The standard InChI is InChI=1S/C12H23NO3/c1-16-10-4-6-12(15)13-8-3-2-5-11(13)7-9-14/h11,14H,2-10H2,1H3. The largest absolute Gasteiger partial charge is 0.396 e. The molecule has 1 atom stereocenters. The van der Waals surface area contributed by atoms with E-state index in [4.69, 9.17) is 9.84 Å². The summed E-state index contributed by atoms with van der Waals surface area (Å²) in [5.41, 5.74) is 0. The molecule has 0 aliphatic carbocycles. The van der Waals surface area contributed by atoms with Crippen LogP contribution < -0.4 is 0 Å². The van der Waals surface area contributed by atoms with Crippen molar-refractivity contribution in [2.45, 2.75) is 44.6 Å². The molecule has 0 bridgehead atoms. The molecule has 0 radical (unpaired) electrons. The van der Waals surface area contributed by atoms with Gasteiger partial charge in [0, 0.05) is 39.3 Å². The molecular weight excluding hydrogens is 206 g/mol. The fourth-order valence-corrected chi connectivity index (χ4v) is 2.29. The number of rotatable bonds is 6. The van der Waals surface area contributed by atoms with Crippen molar-refractivity contribution >= 4 is 5.91 Å². The van der Waals surface area contributed by atoms with E-state index in [9.17, 15) is 4.79 Å². The predicted molar refractivity (Wildman–Crippen MR) is 62.2 cm³/mol. The van der Waals surface area contributed by atoms with Crippen LogP contribution in [0.25, 0.3) is 0 Å². The third-order valence-corrected chi connectivity index (χ3v) is 3.15. The Morgan fingerprint density at radius 3 is 3.00 bits per heavy atom. The van der Waals surface area contributed by atoms with E-state index in [2.05, 4.69) is 0 Å². The Balaban J connectivity index is 2.37. The van der Waals surface area contributed by atoms with Gasteiger partial charge in [0.05, 0.1) is 0 Å². The number of hydrogen-bond acceptors (Lipinski definition) is 3. The van der Waals surface area contributed by atoms with E-state index in [1.165, 1.54) is 6.42 Å². The fourth-order valence-electron chi connectivity index (χ4n) is 2.29. The molecule has 0 aromatic heterocycles. The minimum absolute atomic E-state index is 0.173. The monoisotopic (exact) mass is 229 g/mol. The summed E-state index contributed by atoms with van der Waals surface area (Å²) in [6.07, 6.45) is 5.38. The van der Waals surface area contributed by atoms with Gasteiger partial charge in [-0.3, -0.25) is 4.79 Å². The van der Waals surface area contributed by atoms with Crippen molar-refractivity contribution in [1.82, 2.24) is 4.90 Å². The van der Waals surface area contributed by atoms with E-state index < -0.39 is 0 Å². The van der Waals surface area contributed by atoms with Crippen LogP contribution in [-0.4, -0.2) is 48.8 Å². The molecule has 1 fully saturated rings. The topological polar surface area (TPSA) is 49.8 Å². The van der Waals surface area contributed by atoms with Crippen molar-refractivity contribution < 1.29 is 14.6 Å².